The van der Waals surface area contributed by atoms with Crippen molar-refractivity contribution in [3.05, 3.63) is 17.7 Å². The lowest BCUT2D eigenvalue weighted by atomic mass is 9.97. The first kappa shape index (κ1) is 6.85. The third-order valence-electron chi connectivity index (χ3n) is 2.37. The van der Waals surface area contributed by atoms with Crippen LogP contribution in [0.4, 0.5) is 0 Å². The third-order valence-corrected chi connectivity index (χ3v) is 2.37. The number of hydrogen-bond acceptors (Lipinski definition) is 2. The molecule has 0 radical (unpaired) electrons. The van der Waals surface area contributed by atoms with Gasteiger partial charge < -0.3 is 10.3 Å². The van der Waals surface area contributed by atoms with Crippen molar-refractivity contribution in [2.75, 3.05) is 0 Å². The maximum Gasteiger partial charge on any atom is 0.0949 e. The molecule has 1 aromatic heterocycles. The Bertz CT molecular complexity index is 264. The fourth-order valence-electron chi connectivity index (χ4n) is 1.71. The number of rotatable bonds is 0. The fraction of sp³-hybridized carbons (Fsp3) is 0.625. The highest BCUT2D eigenvalue weighted by atomic mass is 15.0. The lowest BCUT2D eigenvalue weighted by Crippen LogP contribution is -2.18. The molecule has 0 bridgehead atoms. The van der Waals surface area contributed by atoms with Crippen LogP contribution in [0.3, 0.4) is 0 Å². The van der Waals surface area contributed by atoms with Crippen molar-refractivity contribution in [2.24, 2.45) is 12.8 Å². The molecule has 0 spiro atoms. The summed E-state index contributed by atoms with van der Waals surface area (Å²) in [5.41, 5.74) is 8.32. The van der Waals surface area contributed by atoms with Gasteiger partial charge in [0.1, 0.15) is 0 Å². The van der Waals surface area contributed by atoms with Gasteiger partial charge in [-0.3, -0.25) is 0 Å². The summed E-state index contributed by atoms with van der Waals surface area (Å²) in [6.07, 6.45) is 5.28. The Balaban J connectivity index is 2.46. The number of nitrogens with zero attached hydrogens (tertiary/aromatic N) is 2. The SMILES string of the molecule is Cn1cnc2c1CCCC2N. The highest BCUT2D eigenvalue weighted by molar-refractivity contribution is 5.19. The first-order valence-corrected chi connectivity index (χ1v) is 4.04. The molecule has 0 aromatic carbocycles. The van der Waals surface area contributed by atoms with Gasteiger partial charge in [-0.1, -0.05) is 0 Å². The Morgan fingerprint density at radius 1 is 1.73 bits per heavy atom. The quantitative estimate of drug-likeness (QED) is 0.594. The maximum absolute atomic E-state index is 5.88. The molecule has 3 heteroatoms. The van der Waals surface area contributed by atoms with Gasteiger partial charge in [0.15, 0.2) is 0 Å². The summed E-state index contributed by atoms with van der Waals surface area (Å²) in [5.74, 6) is 0. The highest BCUT2D eigenvalue weighted by Crippen LogP contribution is 2.25. The molecular formula is C8H13N3. The zero-order valence-electron chi connectivity index (χ0n) is 6.75. The molecule has 1 aliphatic carbocycles. The summed E-state index contributed by atoms with van der Waals surface area (Å²) in [5, 5.41) is 0. The van der Waals surface area contributed by atoms with E-state index in [0.717, 1.165) is 18.5 Å². The largest absolute Gasteiger partial charge is 0.337 e. The minimum atomic E-state index is 0.181. The van der Waals surface area contributed by atoms with Crippen LogP contribution >= 0.6 is 0 Å². The first-order valence-electron chi connectivity index (χ1n) is 4.04. The van der Waals surface area contributed by atoms with E-state index >= 15 is 0 Å². The second-order valence-electron chi connectivity index (χ2n) is 3.19. The summed E-state index contributed by atoms with van der Waals surface area (Å²) >= 11 is 0. The lowest BCUT2D eigenvalue weighted by molar-refractivity contribution is 0.545. The molecule has 3 nitrogen and oxygen atoms in total. The van der Waals surface area contributed by atoms with Crippen molar-refractivity contribution >= 4 is 0 Å². The van der Waals surface area contributed by atoms with Crippen LogP contribution in [0.25, 0.3) is 0 Å². The van der Waals surface area contributed by atoms with Crippen LogP contribution in [0.15, 0.2) is 6.33 Å². The summed E-state index contributed by atoms with van der Waals surface area (Å²) in [6, 6.07) is 0.181. The molecule has 2 N–H and O–H groups in total. The molecular weight excluding hydrogens is 138 g/mol. The number of aryl methyl sites for hydroxylation is 1. The molecule has 0 amide bonds. The topological polar surface area (TPSA) is 43.8 Å². The van der Waals surface area contributed by atoms with Gasteiger partial charge in [-0.05, 0) is 19.3 Å². The van der Waals surface area contributed by atoms with Crippen molar-refractivity contribution < 1.29 is 0 Å². The van der Waals surface area contributed by atoms with Gasteiger partial charge in [0.25, 0.3) is 0 Å². The molecule has 1 heterocycles. The second kappa shape index (κ2) is 2.34. The maximum atomic E-state index is 5.88. The van der Waals surface area contributed by atoms with Gasteiger partial charge in [-0.15, -0.1) is 0 Å². The van der Waals surface area contributed by atoms with E-state index in [-0.39, 0.29) is 6.04 Å². The predicted molar refractivity (Wildman–Crippen MR) is 43.1 cm³/mol. The Kier molecular flexibility index (Phi) is 1.46. The molecule has 11 heavy (non-hydrogen) atoms. The van der Waals surface area contributed by atoms with Crippen LogP contribution in [-0.4, -0.2) is 9.55 Å². The van der Waals surface area contributed by atoms with Gasteiger partial charge in [-0.25, -0.2) is 4.98 Å². The summed E-state index contributed by atoms with van der Waals surface area (Å²) in [4.78, 5) is 4.28. The molecule has 1 aromatic rings. The van der Waals surface area contributed by atoms with E-state index in [1.165, 1.54) is 12.1 Å². The Hall–Kier alpha value is -0.830. The average molecular weight is 151 g/mol. The third kappa shape index (κ3) is 0.959. The number of nitrogens with two attached hydrogens (primary N) is 1. The van der Waals surface area contributed by atoms with Gasteiger partial charge in [-0.2, -0.15) is 0 Å². The van der Waals surface area contributed by atoms with Crippen molar-refractivity contribution in [3.8, 4) is 0 Å². The van der Waals surface area contributed by atoms with E-state index in [1.807, 2.05) is 13.4 Å². The number of fused-ring (bicyclic) bond motifs is 1. The Morgan fingerprint density at radius 2 is 2.55 bits per heavy atom. The Morgan fingerprint density at radius 3 is 3.27 bits per heavy atom. The normalized spacial score (nSPS) is 23.3. The molecule has 0 fully saturated rings. The molecule has 1 aliphatic rings. The summed E-state index contributed by atoms with van der Waals surface area (Å²) in [7, 11) is 2.03. The summed E-state index contributed by atoms with van der Waals surface area (Å²) in [6.45, 7) is 0. The van der Waals surface area contributed by atoms with Gasteiger partial charge in [0.2, 0.25) is 0 Å². The molecule has 0 saturated carbocycles. The van der Waals surface area contributed by atoms with Crippen LogP contribution in [0, 0.1) is 0 Å². The zero-order chi connectivity index (χ0) is 7.84. The second-order valence-corrected chi connectivity index (χ2v) is 3.19. The minimum absolute atomic E-state index is 0.181. The smallest absolute Gasteiger partial charge is 0.0949 e. The van der Waals surface area contributed by atoms with Crippen LogP contribution in [-0.2, 0) is 13.5 Å². The monoisotopic (exact) mass is 151 g/mol. The van der Waals surface area contributed by atoms with Gasteiger partial charge >= 0.3 is 0 Å². The standard InChI is InChI=1S/C8H13N3/c1-11-5-10-8-6(9)3-2-4-7(8)11/h5-6H,2-4,9H2,1H3. The van der Waals surface area contributed by atoms with Crippen molar-refractivity contribution in [1.82, 2.24) is 9.55 Å². The van der Waals surface area contributed by atoms with E-state index in [2.05, 4.69) is 9.55 Å². The number of hydrogen-bond donors (Lipinski definition) is 1. The van der Waals surface area contributed by atoms with Crippen LogP contribution in [0.5, 0.6) is 0 Å². The number of aromatic nitrogens is 2. The number of imidazole rings is 1. The minimum Gasteiger partial charge on any atom is -0.337 e. The molecule has 0 aliphatic heterocycles. The van der Waals surface area contributed by atoms with Gasteiger partial charge in [0.05, 0.1) is 12.0 Å². The predicted octanol–water partition coefficient (Wildman–Crippen LogP) is 0.756. The molecule has 1 unspecified atom stereocenters. The highest BCUT2D eigenvalue weighted by Gasteiger charge is 2.20. The van der Waals surface area contributed by atoms with E-state index in [1.54, 1.807) is 0 Å². The van der Waals surface area contributed by atoms with E-state index in [4.69, 9.17) is 5.73 Å². The lowest BCUT2D eigenvalue weighted by Gasteiger charge is -2.17. The van der Waals surface area contributed by atoms with Gasteiger partial charge in [0, 0.05) is 18.8 Å². The molecule has 60 valence electrons. The van der Waals surface area contributed by atoms with Crippen molar-refractivity contribution in [2.45, 2.75) is 25.3 Å². The van der Waals surface area contributed by atoms with E-state index in [9.17, 15) is 0 Å². The zero-order valence-corrected chi connectivity index (χ0v) is 6.75. The van der Waals surface area contributed by atoms with Crippen molar-refractivity contribution in [1.29, 1.82) is 0 Å². The average Bonchev–Trinajstić information content (AvgIpc) is 2.35. The molecule has 0 saturated heterocycles. The van der Waals surface area contributed by atoms with E-state index in [0.29, 0.717) is 0 Å². The van der Waals surface area contributed by atoms with Crippen LogP contribution in [0.1, 0.15) is 30.3 Å². The fourth-order valence-corrected chi connectivity index (χ4v) is 1.71. The molecule has 2 rings (SSSR count). The molecule has 1 atom stereocenters. The summed E-state index contributed by atoms with van der Waals surface area (Å²) < 4.78 is 2.08. The van der Waals surface area contributed by atoms with Crippen LogP contribution in [0.2, 0.25) is 0 Å². The Labute approximate surface area is 66.2 Å². The van der Waals surface area contributed by atoms with Crippen LogP contribution < -0.4 is 5.73 Å². The van der Waals surface area contributed by atoms with E-state index < -0.39 is 0 Å². The first-order chi connectivity index (χ1) is 5.29. The van der Waals surface area contributed by atoms with Crippen molar-refractivity contribution in [3.63, 3.8) is 0 Å².